The van der Waals surface area contributed by atoms with Gasteiger partial charge in [-0.15, -0.1) is 11.3 Å². The van der Waals surface area contributed by atoms with Crippen LogP contribution in [0.5, 0.6) is 0 Å². The second-order valence-electron chi connectivity index (χ2n) is 7.73. The van der Waals surface area contributed by atoms with E-state index in [-0.39, 0.29) is 16.6 Å². The number of aromatic nitrogens is 4. The Hall–Kier alpha value is -3.32. The average Bonchev–Trinajstić information content (AvgIpc) is 3.43. The van der Waals surface area contributed by atoms with Crippen LogP contribution < -0.4 is 10.6 Å². The van der Waals surface area contributed by atoms with E-state index < -0.39 is 34.3 Å². The molecule has 9 nitrogen and oxygen atoms in total. The molecule has 2 atom stereocenters. The fraction of sp³-hybridized carbons (Fsp3) is 0.300. The summed E-state index contributed by atoms with van der Waals surface area (Å²) in [4.78, 5) is 44.8. The van der Waals surface area contributed by atoms with Gasteiger partial charge in [0.15, 0.2) is 0 Å². The van der Waals surface area contributed by atoms with Crippen LogP contribution in [0.1, 0.15) is 51.5 Å². The van der Waals surface area contributed by atoms with Gasteiger partial charge in [0, 0.05) is 18.3 Å². The normalized spacial score (nSPS) is 18.3. The minimum absolute atomic E-state index is 0.130. The summed E-state index contributed by atoms with van der Waals surface area (Å²) in [5.74, 6) is -1.33. The van der Waals surface area contributed by atoms with Gasteiger partial charge in [0.1, 0.15) is 26.9 Å². The number of imidazole rings is 1. The van der Waals surface area contributed by atoms with Gasteiger partial charge in [0.25, 0.3) is 5.91 Å². The van der Waals surface area contributed by atoms with Gasteiger partial charge >= 0.3 is 6.18 Å². The van der Waals surface area contributed by atoms with Crippen LogP contribution in [0.4, 0.5) is 19.0 Å². The van der Waals surface area contributed by atoms with Crippen molar-refractivity contribution in [3.63, 3.8) is 0 Å². The van der Waals surface area contributed by atoms with E-state index in [2.05, 4.69) is 35.6 Å². The highest BCUT2D eigenvalue weighted by molar-refractivity contribution is 7.13. The summed E-state index contributed by atoms with van der Waals surface area (Å²) in [7, 11) is 0. The Bertz CT molecular complexity index is 1290. The summed E-state index contributed by atoms with van der Waals surface area (Å²) in [6, 6.07) is 0.112. The van der Waals surface area contributed by atoms with E-state index in [1.54, 1.807) is 20.1 Å². The number of carbonyl (C=O) groups is 2. The van der Waals surface area contributed by atoms with Crippen molar-refractivity contribution in [1.82, 2.24) is 25.3 Å². The van der Waals surface area contributed by atoms with Gasteiger partial charge < -0.3 is 15.6 Å². The van der Waals surface area contributed by atoms with Crippen molar-refractivity contribution in [1.29, 1.82) is 0 Å². The van der Waals surface area contributed by atoms with Crippen LogP contribution in [0.25, 0.3) is 0 Å². The number of thiazole rings is 1. The lowest BCUT2D eigenvalue weighted by Crippen LogP contribution is -2.47. The topological polar surface area (TPSA) is 125 Å². The first-order valence-electron chi connectivity index (χ1n) is 9.84. The molecule has 0 spiro atoms. The van der Waals surface area contributed by atoms with Crippen molar-refractivity contribution in [3.8, 4) is 0 Å². The zero-order valence-corrected chi connectivity index (χ0v) is 19.3. The number of anilines is 1. The molecule has 0 bridgehead atoms. The Balaban J connectivity index is 1.42. The van der Waals surface area contributed by atoms with Gasteiger partial charge in [0.05, 0.1) is 35.4 Å². The summed E-state index contributed by atoms with van der Waals surface area (Å²) in [5, 5.41) is 5.00. The number of nitrogens with zero attached hydrogens (tertiary/aromatic N) is 4. The minimum Gasteiger partial charge on any atom is -0.348 e. The van der Waals surface area contributed by atoms with Gasteiger partial charge in [-0.05, 0) is 19.9 Å². The summed E-state index contributed by atoms with van der Waals surface area (Å²) in [5.41, 5.74) is -0.659. The quantitative estimate of drug-likeness (QED) is 0.480. The number of alkyl halides is 3. The first-order valence-corrected chi connectivity index (χ1v) is 11.0. The number of halogens is 4. The van der Waals surface area contributed by atoms with Crippen molar-refractivity contribution in [3.05, 3.63) is 56.6 Å². The molecule has 0 aromatic carbocycles. The highest BCUT2D eigenvalue weighted by Crippen LogP contribution is 2.35. The summed E-state index contributed by atoms with van der Waals surface area (Å²) < 4.78 is 39.1. The number of carbonyl (C=O) groups excluding carboxylic acids is 2. The molecular formula is C20H17ClF3N7O2S. The first kappa shape index (κ1) is 23.8. The molecule has 0 aliphatic carbocycles. The molecule has 1 aliphatic heterocycles. The SMILES string of the molecule is CC(NC(=O)C1(C)Cc2[nH]cnc2C=N1)c1ncc(C(=O)Nc2cc(C(F)(F)F)c(Cl)cn2)s1. The molecule has 2 unspecified atom stereocenters. The van der Waals surface area contributed by atoms with Crippen LogP contribution in [0.3, 0.4) is 0 Å². The third kappa shape index (κ3) is 4.80. The molecule has 2 amide bonds. The standard InChI is InChI=1S/C20H17ClF3N7O2S/c1-9(30-18(33)19(2)4-12-13(6-29-19)28-8-27-12)17-26-7-14(34-17)16(32)31-15-3-10(20(22,23)24)11(21)5-25-15/h3,5-9H,4H2,1-2H3,(H,27,28)(H,30,33)(H,25,31,32). The maximum atomic E-state index is 13.0. The Morgan fingerprint density at radius 1 is 1.26 bits per heavy atom. The maximum absolute atomic E-state index is 13.0. The molecule has 0 saturated heterocycles. The zero-order valence-electron chi connectivity index (χ0n) is 17.7. The molecule has 3 aromatic rings. The predicted octanol–water partition coefficient (Wildman–Crippen LogP) is 3.80. The molecule has 0 saturated carbocycles. The van der Waals surface area contributed by atoms with Crippen LogP contribution in [0.15, 0.2) is 29.8 Å². The fourth-order valence-electron chi connectivity index (χ4n) is 3.23. The molecule has 34 heavy (non-hydrogen) atoms. The second-order valence-corrected chi connectivity index (χ2v) is 9.20. The van der Waals surface area contributed by atoms with Gasteiger partial charge in [-0.3, -0.25) is 14.6 Å². The van der Waals surface area contributed by atoms with E-state index in [4.69, 9.17) is 11.6 Å². The zero-order chi connectivity index (χ0) is 24.7. The number of rotatable bonds is 5. The summed E-state index contributed by atoms with van der Waals surface area (Å²) in [6.45, 7) is 3.40. The summed E-state index contributed by atoms with van der Waals surface area (Å²) in [6.07, 6.45) is 0.820. The highest BCUT2D eigenvalue weighted by Gasteiger charge is 2.37. The number of pyridine rings is 1. The van der Waals surface area contributed by atoms with Crippen LogP contribution in [0, 0.1) is 0 Å². The van der Waals surface area contributed by atoms with E-state index in [0.717, 1.165) is 23.2 Å². The lowest BCUT2D eigenvalue weighted by atomic mass is 9.92. The number of amides is 2. The third-order valence-electron chi connectivity index (χ3n) is 5.10. The fourth-order valence-corrected chi connectivity index (χ4v) is 4.25. The molecule has 1 aliphatic rings. The van der Waals surface area contributed by atoms with Crippen LogP contribution in [0.2, 0.25) is 5.02 Å². The van der Waals surface area contributed by atoms with E-state index in [1.165, 1.54) is 12.5 Å². The number of H-pyrrole nitrogens is 1. The summed E-state index contributed by atoms with van der Waals surface area (Å²) >= 11 is 6.54. The number of aromatic amines is 1. The minimum atomic E-state index is -4.69. The van der Waals surface area contributed by atoms with E-state index in [0.29, 0.717) is 23.2 Å². The molecule has 178 valence electrons. The van der Waals surface area contributed by atoms with E-state index in [1.807, 2.05) is 0 Å². The number of nitrogens with one attached hydrogen (secondary N) is 3. The third-order valence-corrected chi connectivity index (χ3v) is 6.58. The van der Waals surface area contributed by atoms with Crippen molar-refractivity contribution < 1.29 is 22.8 Å². The number of hydrogen-bond acceptors (Lipinski definition) is 7. The van der Waals surface area contributed by atoms with Gasteiger partial charge in [0.2, 0.25) is 5.91 Å². The highest BCUT2D eigenvalue weighted by atomic mass is 35.5. The van der Waals surface area contributed by atoms with E-state index >= 15 is 0 Å². The monoisotopic (exact) mass is 511 g/mol. The number of hydrogen-bond donors (Lipinski definition) is 3. The first-order chi connectivity index (χ1) is 16.0. The van der Waals surface area contributed by atoms with Crippen molar-refractivity contribution in [2.75, 3.05) is 5.32 Å². The predicted molar refractivity (Wildman–Crippen MR) is 119 cm³/mol. The molecule has 0 radical (unpaired) electrons. The largest absolute Gasteiger partial charge is 0.418 e. The molecule has 4 heterocycles. The maximum Gasteiger partial charge on any atom is 0.418 e. The van der Waals surface area contributed by atoms with Crippen molar-refractivity contribution in [2.45, 2.75) is 38.0 Å². The Morgan fingerprint density at radius 3 is 2.76 bits per heavy atom. The van der Waals surface area contributed by atoms with Gasteiger partial charge in [-0.25, -0.2) is 15.0 Å². The second kappa shape index (κ2) is 8.80. The van der Waals surface area contributed by atoms with Crippen LogP contribution >= 0.6 is 22.9 Å². The van der Waals surface area contributed by atoms with Gasteiger partial charge in [-0.2, -0.15) is 13.2 Å². The number of fused-ring (bicyclic) bond motifs is 1. The molecule has 4 rings (SSSR count). The molecule has 3 aromatic heterocycles. The van der Waals surface area contributed by atoms with Crippen molar-refractivity contribution >= 4 is 46.8 Å². The molecule has 0 fully saturated rings. The lowest BCUT2D eigenvalue weighted by molar-refractivity contribution is -0.137. The molecule has 3 N–H and O–H groups in total. The van der Waals surface area contributed by atoms with Crippen LogP contribution in [-0.4, -0.2) is 43.5 Å². The smallest absolute Gasteiger partial charge is 0.348 e. The molecule has 14 heteroatoms. The van der Waals surface area contributed by atoms with Crippen molar-refractivity contribution in [2.24, 2.45) is 4.99 Å². The Kier molecular flexibility index (Phi) is 6.16. The Morgan fingerprint density at radius 2 is 2.03 bits per heavy atom. The van der Waals surface area contributed by atoms with Crippen LogP contribution in [-0.2, 0) is 17.4 Å². The van der Waals surface area contributed by atoms with Gasteiger partial charge in [-0.1, -0.05) is 11.6 Å². The lowest BCUT2D eigenvalue weighted by Gasteiger charge is -2.27. The van der Waals surface area contributed by atoms with E-state index in [9.17, 15) is 22.8 Å². The average molecular weight is 512 g/mol. The Labute approximate surface area is 199 Å². The number of aliphatic imine (C=N–C) groups is 1. The molecular weight excluding hydrogens is 495 g/mol.